The number of halogens is 1. The number of hydrogen-bond acceptors (Lipinski definition) is 4. The van der Waals surface area contributed by atoms with Crippen LogP contribution in [-0.2, 0) is 0 Å². The molecular weight excluding hydrogens is 192 g/mol. The Balaban J connectivity index is 3.28. The van der Waals surface area contributed by atoms with Crippen LogP contribution in [0.2, 0.25) is 0 Å². The molecule has 0 aliphatic heterocycles. The first-order valence-corrected chi connectivity index (χ1v) is 3.71. The second-order valence-corrected chi connectivity index (χ2v) is 2.48. The molecule has 0 bridgehead atoms. The molecule has 0 aliphatic rings. The number of pyridine rings is 1. The highest BCUT2D eigenvalue weighted by Gasteiger charge is 2.11. The van der Waals surface area contributed by atoms with Gasteiger partial charge in [0.2, 0.25) is 5.88 Å². The molecule has 0 saturated heterocycles. The fourth-order valence-electron chi connectivity index (χ4n) is 0.795. The monoisotopic (exact) mass is 196 g/mol. The van der Waals surface area contributed by atoms with Gasteiger partial charge < -0.3 is 4.74 Å². The van der Waals surface area contributed by atoms with Crippen LogP contribution in [0.3, 0.4) is 0 Å². The summed E-state index contributed by atoms with van der Waals surface area (Å²) >= 11 is 5.21. The number of methoxy groups -OCH3 is 1. The third-order valence-electron chi connectivity index (χ3n) is 1.39. The summed E-state index contributed by atoms with van der Waals surface area (Å²) in [6, 6.07) is 4.72. The summed E-state index contributed by atoms with van der Waals surface area (Å²) in [5.41, 5.74) is 0.0596. The van der Waals surface area contributed by atoms with E-state index in [0.717, 1.165) is 0 Å². The van der Waals surface area contributed by atoms with Gasteiger partial charge in [0.1, 0.15) is 11.8 Å². The number of carbonyl (C=O) groups is 1. The lowest BCUT2D eigenvalue weighted by Gasteiger charge is -2.00. The van der Waals surface area contributed by atoms with Crippen molar-refractivity contribution in [3.8, 4) is 11.9 Å². The second kappa shape index (κ2) is 3.87. The van der Waals surface area contributed by atoms with Gasteiger partial charge in [-0.1, -0.05) is 0 Å². The number of ether oxygens (including phenoxy) is 1. The van der Waals surface area contributed by atoms with Gasteiger partial charge in [0, 0.05) is 6.07 Å². The number of rotatable bonds is 2. The molecule has 4 nitrogen and oxygen atoms in total. The van der Waals surface area contributed by atoms with Gasteiger partial charge in [-0.15, -0.1) is 0 Å². The molecule has 0 radical (unpaired) electrons. The summed E-state index contributed by atoms with van der Waals surface area (Å²) in [5.74, 6) is 0.253. The molecule has 0 aliphatic carbocycles. The average molecular weight is 197 g/mol. The molecule has 1 rings (SSSR count). The Bertz CT molecular complexity index is 384. The fraction of sp³-hybridized carbons (Fsp3) is 0.125. The minimum absolute atomic E-state index is 0.0801. The van der Waals surface area contributed by atoms with Gasteiger partial charge in [0.15, 0.2) is 0 Å². The lowest BCUT2D eigenvalue weighted by atomic mass is 10.2. The molecule has 0 N–H and O–H groups in total. The van der Waals surface area contributed by atoms with Crippen molar-refractivity contribution in [3.05, 3.63) is 23.4 Å². The van der Waals surface area contributed by atoms with Crippen molar-refractivity contribution in [2.75, 3.05) is 7.11 Å². The van der Waals surface area contributed by atoms with Gasteiger partial charge in [-0.2, -0.15) is 5.26 Å². The van der Waals surface area contributed by atoms with Gasteiger partial charge in [-0.3, -0.25) is 4.79 Å². The zero-order chi connectivity index (χ0) is 9.84. The quantitative estimate of drug-likeness (QED) is 0.670. The Kier molecular flexibility index (Phi) is 2.83. The lowest BCUT2D eigenvalue weighted by molar-refractivity contribution is 0.107. The molecule has 1 heterocycles. The van der Waals surface area contributed by atoms with Gasteiger partial charge >= 0.3 is 0 Å². The zero-order valence-electron chi connectivity index (χ0n) is 6.74. The van der Waals surface area contributed by atoms with E-state index >= 15 is 0 Å². The maximum Gasteiger partial charge on any atom is 0.272 e. The maximum atomic E-state index is 10.8. The summed E-state index contributed by atoms with van der Waals surface area (Å²) in [4.78, 5) is 14.5. The van der Waals surface area contributed by atoms with Crippen LogP contribution in [0.4, 0.5) is 0 Å². The smallest absolute Gasteiger partial charge is 0.272 e. The first-order chi connectivity index (χ1) is 6.19. The van der Waals surface area contributed by atoms with Gasteiger partial charge in [0.25, 0.3) is 5.24 Å². The molecule has 0 unspecified atom stereocenters. The van der Waals surface area contributed by atoms with Crippen molar-refractivity contribution in [1.29, 1.82) is 5.26 Å². The molecule has 13 heavy (non-hydrogen) atoms. The number of hydrogen-bond donors (Lipinski definition) is 0. The molecule has 0 fully saturated rings. The largest absolute Gasteiger partial charge is 0.481 e. The van der Waals surface area contributed by atoms with Crippen LogP contribution in [-0.4, -0.2) is 17.3 Å². The molecule has 0 atom stereocenters. The first kappa shape index (κ1) is 9.49. The van der Waals surface area contributed by atoms with Crippen LogP contribution < -0.4 is 4.74 Å². The molecule has 0 saturated carbocycles. The summed E-state index contributed by atoms with van der Waals surface area (Å²) in [6.45, 7) is 0. The van der Waals surface area contributed by atoms with Crippen LogP contribution in [0.15, 0.2) is 12.1 Å². The van der Waals surface area contributed by atoms with Crippen LogP contribution in [0.5, 0.6) is 5.88 Å². The molecule has 0 aromatic carbocycles. The van der Waals surface area contributed by atoms with Crippen LogP contribution >= 0.6 is 11.6 Å². The van der Waals surface area contributed by atoms with Crippen LogP contribution in [0.25, 0.3) is 0 Å². The molecule has 5 heteroatoms. The Labute approximate surface area is 79.7 Å². The molecule has 0 amide bonds. The number of nitrogens with zero attached hydrogens (tertiary/aromatic N) is 2. The third-order valence-corrected chi connectivity index (χ3v) is 1.56. The van der Waals surface area contributed by atoms with Gasteiger partial charge in [0.05, 0.1) is 12.7 Å². The van der Waals surface area contributed by atoms with E-state index in [4.69, 9.17) is 21.6 Å². The minimum atomic E-state index is -0.768. The topological polar surface area (TPSA) is 63.0 Å². The number of nitriles is 1. The van der Waals surface area contributed by atoms with Crippen molar-refractivity contribution in [3.63, 3.8) is 0 Å². The Morgan fingerprint density at radius 2 is 2.38 bits per heavy atom. The van der Waals surface area contributed by atoms with Crippen molar-refractivity contribution < 1.29 is 9.53 Å². The normalized spacial score (nSPS) is 9.00. The summed E-state index contributed by atoms with van der Waals surface area (Å²) in [7, 11) is 1.41. The Morgan fingerprint density at radius 1 is 1.69 bits per heavy atom. The molecule has 66 valence electrons. The molecular formula is C8H5ClN2O2. The van der Waals surface area contributed by atoms with E-state index in [2.05, 4.69) is 4.98 Å². The SMILES string of the molecule is COc1ccc(C#N)c(C(=O)Cl)n1. The van der Waals surface area contributed by atoms with E-state index in [1.54, 1.807) is 6.07 Å². The maximum absolute atomic E-state index is 10.8. The predicted molar refractivity (Wildman–Crippen MR) is 45.7 cm³/mol. The first-order valence-electron chi connectivity index (χ1n) is 3.34. The standard InChI is InChI=1S/C8H5ClN2O2/c1-13-6-3-2-5(4-10)7(11-6)8(9)12/h2-3H,1H3. The molecule has 1 aromatic heterocycles. The second-order valence-electron chi connectivity index (χ2n) is 2.14. The fourth-order valence-corrected chi connectivity index (χ4v) is 0.939. The number of aromatic nitrogens is 1. The van der Waals surface area contributed by atoms with E-state index in [1.807, 2.05) is 0 Å². The van der Waals surface area contributed by atoms with Crippen molar-refractivity contribution >= 4 is 16.8 Å². The summed E-state index contributed by atoms with van der Waals surface area (Å²) in [6.07, 6.45) is 0. The molecule has 0 spiro atoms. The summed E-state index contributed by atoms with van der Waals surface area (Å²) < 4.78 is 4.77. The highest BCUT2D eigenvalue weighted by molar-refractivity contribution is 6.67. The predicted octanol–water partition coefficient (Wildman–Crippen LogP) is 1.34. The van der Waals surface area contributed by atoms with Gasteiger partial charge in [-0.25, -0.2) is 4.98 Å². The van der Waals surface area contributed by atoms with Crippen molar-refractivity contribution in [1.82, 2.24) is 4.98 Å². The van der Waals surface area contributed by atoms with E-state index in [1.165, 1.54) is 19.2 Å². The zero-order valence-corrected chi connectivity index (χ0v) is 7.50. The minimum Gasteiger partial charge on any atom is -0.481 e. The van der Waals surface area contributed by atoms with Crippen LogP contribution in [0, 0.1) is 11.3 Å². The average Bonchev–Trinajstić information content (AvgIpc) is 2.16. The van der Waals surface area contributed by atoms with Crippen molar-refractivity contribution in [2.45, 2.75) is 0 Å². The third kappa shape index (κ3) is 1.95. The number of carbonyl (C=O) groups excluding carboxylic acids is 1. The van der Waals surface area contributed by atoms with E-state index in [9.17, 15) is 4.79 Å². The van der Waals surface area contributed by atoms with E-state index in [-0.39, 0.29) is 17.1 Å². The highest BCUT2D eigenvalue weighted by Crippen LogP contribution is 2.13. The summed E-state index contributed by atoms with van der Waals surface area (Å²) in [5, 5.41) is 7.82. The highest BCUT2D eigenvalue weighted by atomic mass is 35.5. The Morgan fingerprint density at radius 3 is 2.85 bits per heavy atom. The van der Waals surface area contributed by atoms with E-state index < -0.39 is 5.24 Å². The van der Waals surface area contributed by atoms with E-state index in [0.29, 0.717) is 0 Å². The molecule has 1 aromatic rings. The Hall–Kier alpha value is -1.60. The van der Waals surface area contributed by atoms with Gasteiger partial charge in [-0.05, 0) is 17.7 Å². The van der Waals surface area contributed by atoms with Crippen molar-refractivity contribution in [2.24, 2.45) is 0 Å². The lowest BCUT2D eigenvalue weighted by Crippen LogP contribution is -2.00. The van der Waals surface area contributed by atoms with Crippen LogP contribution in [0.1, 0.15) is 16.1 Å².